The van der Waals surface area contributed by atoms with Crippen molar-refractivity contribution in [3.8, 4) is 0 Å². The monoisotopic (exact) mass is 229 g/mol. The number of carbonyl (C=O) groups is 1. The molecule has 0 aliphatic carbocycles. The summed E-state index contributed by atoms with van der Waals surface area (Å²) in [5.74, 6) is 0.0732. The van der Waals surface area contributed by atoms with Crippen LogP contribution in [0.25, 0.3) is 0 Å². The number of nitrogens with one attached hydrogen (secondary N) is 1. The van der Waals surface area contributed by atoms with E-state index in [4.69, 9.17) is 0 Å². The van der Waals surface area contributed by atoms with Gasteiger partial charge in [-0.15, -0.1) is 0 Å². The van der Waals surface area contributed by atoms with Gasteiger partial charge in [0, 0.05) is 39.8 Å². The molecule has 5 heteroatoms. The van der Waals surface area contributed by atoms with Crippen LogP contribution in [0.3, 0.4) is 0 Å². The fraction of sp³-hybridized carbons (Fsp3) is 0.909. The molecule has 0 bridgehead atoms. The molecular weight excluding hydrogens is 206 g/mol. The van der Waals surface area contributed by atoms with Gasteiger partial charge < -0.3 is 15.3 Å². The van der Waals surface area contributed by atoms with Gasteiger partial charge in [-0.05, 0) is 13.8 Å². The van der Waals surface area contributed by atoms with Crippen molar-refractivity contribution in [1.82, 2.24) is 15.1 Å². The Morgan fingerprint density at radius 3 is 2.50 bits per heavy atom. The lowest BCUT2D eigenvalue weighted by Gasteiger charge is -2.30. The molecule has 0 aromatic rings. The van der Waals surface area contributed by atoms with E-state index in [2.05, 4.69) is 10.2 Å². The number of nitrogens with zero attached hydrogens (tertiary/aromatic N) is 2. The molecule has 1 saturated heterocycles. The van der Waals surface area contributed by atoms with Crippen LogP contribution in [0.4, 0.5) is 0 Å². The van der Waals surface area contributed by atoms with Crippen molar-refractivity contribution < 1.29 is 9.90 Å². The normalized spacial score (nSPS) is 18.5. The van der Waals surface area contributed by atoms with E-state index >= 15 is 0 Å². The Kier molecular flexibility index (Phi) is 4.70. The number of piperazine rings is 1. The zero-order valence-electron chi connectivity index (χ0n) is 10.5. The zero-order chi connectivity index (χ0) is 12.2. The molecule has 1 heterocycles. The van der Waals surface area contributed by atoms with Crippen molar-refractivity contribution in [3.63, 3.8) is 0 Å². The molecule has 94 valence electrons. The molecular formula is C11H23N3O2. The van der Waals surface area contributed by atoms with Gasteiger partial charge in [0.25, 0.3) is 0 Å². The lowest BCUT2D eigenvalue weighted by atomic mass is 10.1. The third-order valence-electron chi connectivity index (χ3n) is 2.62. The number of hydrogen-bond donors (Lipinski definition) is 2. The predicted molar refractivity (Wildman–Crippen MR) is 63.2 cm³/mol. The smallest absolute Gasteiger partial charge is 0.236 e. The zero-order valence-corrected chi connectivity index (χ0v) is 10.5. The minimum atomic E-state index is -0.826. The maximum absolute atomic E-state index is 11.8. The second-order valence-corrected chi connectivity index (χ2v) is 5.09. The maximum atomic E-state index is 11.8. The molecule has 0 saturated carbocycles. The van der Waals surface area contributed by atoms with Gasteiger partial charge in [-0.3, -0.25) is 9.69 Å². The quantitative estimate of drug-likeness (QED) is 0.657. The highest BCUT2D eigenvalue weighted by Crippen LogP contribution is 2.04. The van der Waals surface area contributed by atoms with Crippen LogP contribution in [0.15, 0.2) is 0 Å². The Labute approximate surface area is 97.4 Å². The number of rotatable bonds is 4. The van der Waals surface area contributed by atoms with Gasteiger partial charge in [0.2, 0.25) is 5.91 Å². The third-order valence-corrected chi connectivity index (χ3v) is 2.62. The Morgan fingerprint density at radius 2 is 2.00 bits per heavy atom. The highest BCUT2D eigenvalue weighted by Gasteiger charge is 2.21. The summed E-state index contributed by atoms with van der Waals surface area (Å²) in [6.07, 6.45) is 0. The number of aliphatic hydroxyl groups is 1. The molecule has 16 heavy (non-hydrogen) atoms. The van der Waals surface area contributed by atoms with Crippen LogP contribution in [0.1, 0.15) is 13.8 Å². The highest BCUT2D eigenvalue weighted by atomic mass is 16.3. The Balaban J connectivity index is 2.33. The largest absolute Gasteiger partial charge is 0.389 e. The molecule has 1 amide bonds. The van der Waals surface area contributed by atoms with Crippen LogP contribution in [-0.4, -0.2) is 72.7 Å². The maximum Gasteiger partial charge on any atom is 0.236 e. The molecule has 0 unspecified atom stereocenters. The average Bonchev–Trinajstić information content (AvgIpc) is 2.16. The summed E-state index contributed by atoms with van der Waals surface area (Å²) in [5, 5.41) is 12.9. The van der Waals surface area contributed by atoms with Crippen LogP contribution in [0.2, 0.25) is 0 Å². The van der Waals surface area contributed by atoms with Crippen molar-refractivity contribution in [2.24, 2.45) is 0 Å². The van der Waals surface area contributed by atoms with Crippen LogP contribution in [-0.2, 0) is 4.79 Å². The van der Waals surface area contributed by atoms with Crippen molar-refractivity contribution in [3.05, 3.63) is 0 Å². The SMILES string of the molecule is CN(CC(C)(C)O)C(=O)CN1CCNCC1. The number of amides is 1. The van der Waals surface area contributed by atoms with Gasteiger partial charge in [0.1, 0.15) is 0 Å². The molecule has 0 atom stereocenters. The van der Waals surface area contributed by atoms with Crippen molar-refractivity contribution in [2.45, 2.75) is 19.4 Å². The molecule has 1 aliphatic rings. The van der Waals surface area contributed by atoms with Gasteiger partial charge in [-0.2, -0.15) is 0 Å². The summed E-state index contributed by atoms with van der Waals surface area (Å²) in [6.45, 7) is 7.98. The number of likely N-dealkylation sites (N-methyl/N-ethyl adjacent to an activating group) is 1. The molecule has 1 aliphatic heterocycles. The van der Waals surface area contributed by atoms with E-state index in [0.717, 1.165) is 26.2 Å². The van der Waals surface area contributed by atoms with Crippen LogP contribution >= 0.6 is 0 Å². The van der Waals surface area contributed by atoms with Crippen LogP contribution in [0, 0.1) is 0 Å². The Bertz CT molecular complexity index is 232. The first kappa shape index (κ1) is 13.4. The minimum absolute atomic E-state index is 0.0732. The second kappa shape index (κ2) is 5.61. The van der Waals surface area contributed by atoms with Crippen molar-refractivity contribution >= 4 is 5.91 Å². The fourth-order valence-electron chi connectivity index (χ4n) is 1.85. The molecule has 0 spiro atoms. The fourth-order valence-corrected chi connectivity index (χ4v) is 1.85. The molecule has 1 rings (SSSR count). The topological polar surface area (TPSA) is 55.8 Å². The molecule has 0 aromatic heterocycles. The van der Waals surface area contributed by atoms with E-state index in [9.17, 15) is 9.90 Å². The lowest BCUT2D eigenvalue weighted by Crippen LogP contribution is -2.49. The standard InChI is InChI=1S/C11H23N3O2/c1-11(2,16)9-13(3)10(15)8-14-6-4-12-5-7-14/h12,16H,4-9H2,1-3H3. The van der Waals surface area contributed by atoms with Crippen molar-refractivity contribution in [1.29, 1.82) is 0 Å². The van der Waals surface area contributed by atoms with E-state index in [1.807, 2.05) is 0 Å². The summed E-state index contributed by atoms with van der Waals surface area (Å²) >= 11 is 0. The molecule has 1 fully saturated rings. The minimum Gasteiger partial charge on any atom is -0.389 e. The third kappa shape index (κ3) is 4.92. The van der Waals surface area contributed by atoms with Crippen LogP contribution in [0.5, 0.6) is 0 Å². The summed E-state index contributed by atoms with van der Waals surface area (Å²) < 4.78 is 0. The summed E-state index contributed by atoms with van der Waals surface area (Å²) in [5.41, 5.74) is -0.826. The van der Waals surface area contributed by atoms with Gasteiger partial charge >= 0.3 is 0 Å². The number of carbonyl (C=O) groups excluding carboxylic acids is 1. The summed E-state index contributed by atoms with van der Waals surface area (Å²) in [6, 6.07) is 0. The lowest BCUT2D eigenvalue weighted by molar-refractivity contribution is -0.133. The molecule has 2 N–H and O–H groups in total. The second-order valence-electron chi connectivity index (χ2n) is 5.09. The highest BCUT2D eigenvalue weighted by molar-refractivity contribution is 5.78. The Morgan fingerprint density at radius 1 is 1.44 bits per heavy atom. The van der Waals surface area contributed by atoms with E-state index in [1.54, 1.807) is 25.8 Å². The van der Waals surface area contributed by atoms with Gasteiger partial charge in [-0.1, -0.05) is 0 Å². The predicted octanol–water partition coefficient (Wildman–Crippen LogP) is -0.879. The average molecular weight is 229 g/mol. The molecule has 0 aromatic carbocycles. The van der Waals surface area contributed by atoms with Gasteiger partial charge in [0.05, 0.1) is 12.1 Å². The first-order valence-electron chi connectivity index (χ1n) is 5.78. The van der Waals surface area contributed by atoms with E-state index in [1.165, 1.54) is 0 Å². The van der Waals surface area contributed by atoms with E-state index in [-0.39, 0.29) is 5.91 Å². The first-order chi connectivity index (χ1) is 7.38. The van der Waals surface area contributed by atoms with E-state index in [0.29, 0.717) is 13.1 Å². The van der Waals surface area contributed by atoms with Crippen LogP contribution < -0.4 is 5.32 Å². The first-order valence-corrected chi connectivity index (χ1v) is 5.78. The number of hydrogen-bond acceptors (Lipinski definition) is 4. The Hall–Kier alpha value is -0.650. The van der Waals surface area contributed by atoms with Crippen molar-refractivity contribution in [2.75, 3.05) is 46.3 Å². The summed E-state index contributed by atoms with van der Waals surface area (Å²) in [7, 11) is 1.74. The molecule has 0 radical (unpaired) electrons. The van der Waals surface area contributed by atoms with E-state index < -0.39 is 5.60 Å². The molecule has 5 nitrogen and oxygen atoms in total. The van der Waals surface area contributed by atoms with Gasteiger partial charge in [-0.25, -0.2) is 0 Å². The van der Waals surface area contributed by atoms with Gasteiger partial charge in [0.15, 0.2) is 0 Å². The summed E-state index contributed by atoms with van der Waals surface area (Å²) in [4.78, 5) is 15.6.